The molecule has 0 aliphatic carbocycles. The Bertz CT molecular complexity index is 421. The minimum absolute atomic E-state index is 0.0440. The summed E-state index contributed by atoms with van der Waals surface area (Å²) in [6, 6.07) is 4.81. The maximum absolute atomic E-state index is 10.7. The van der Waals surface area contributed by atoms with Crippen molar-refractivity contribution in [3.8, 4) is 6.07 Å². The van der Waals surface area contributed by atoms with Crippen molar-refractivity contribution < 1.29 is 9.90 Å². The Hall–Kier alpha value is -1.53. The first-order chi connectivity index (χ1) is 6.61. The number of rotatable bonds is 2. The Morgan fingerprint density at radius 1 is 1.64 bits per heavy atom. The van der Waals surface area contributed by atoms with Gasteiger partial charge in [0, 0.05) is 0 Å². The van der Waals surface area contributed by atoms with Gasteiger partial charge in [-0.05, 0) is 24.1 Å². The molecule has 3 nitrogen and oxygen atoms in total. The molecule has 0 heterocycles. The Morgan fingerprint density at radius 2 is 2.29 bits per heavy atom. The Morgan fingerprint density at radius 3 is 2.71 bits per heavy atom. The topological polar surface area (TPSA) is 61.1 Å². The molecule has 0 aliphatic rings. The quantitative estimate of drug-likeness (QED) is 0.814. The molecule has 1 N–H and O–H groups in total. The molecule has 72 valence electrons. The lowest BCUT2D eigenvalue weighted by molar-refractivity contribution is 0.0697. The highest BCUT2D eigenvalue weighted by Gasteiger charge is 2.14. The van der Waals surface area contributed by atoms with Gasteiger partial charge >= 0.3 is 5.97 Å². The van der Waals surface area contributed by atoms with Crippen LogP contribution in [0.5, 0.6) is 0 Å². The number of hydrogen-bond acceptors (Lipinski definition) is 2. The fraction of sp³-hybridized carbons (Fsp3) is 0.200. The van der Waals surface area contributed by atoms with Crippen LogP contribution in [0, 0.1) is 11.3 Å². The summed E-state index contributed by atoms with van der Waals surface area (Å²) in [7, 11) is 0. The molecule has 0 saturated carbocycles. The average molecular weight is 210 g/mol. The summed E-state index contributed by atoms with van der Waals surface area (Å²) in [6.45, 7) is 1.83. The number of nitriles is 1. The Labute approximate surface area is 86.5 Å². The van der Waals surface area contributed by atoms with Crippen molar-refractivity contribution in [3.05, 3.63) is 33.8 Å². The predicted molar refractivity (Wildman–Crippen MR) is 52.5 cm³/mol. The number of aromatic carboxylic acids is 1. The van der Waals surface area contributed by atoms with Gasteiger partial charge in [0.25, 0.3) is 0 Å². The van der Waals surface area contributed by atoms with Gasteiger partial charge in [0.1, 0.15) is 0 Å². The van der Waals surface area contributed by atoms with Gasteiger partial charge in [-0.25, -0.2) is 4.79 Å². The first-order valence-electron chi connectivity index (χ1n) is 4.06. The first kappa shape index (κ1) is 10.6. The number of carbonyl (C=O) groups is 1. The number of hydrogen-bond donors (Lipinski definition) is 1. The summed E-state index contributed by atoms with van der Waals surface area (Å²) in [6.07, 6.45) is 0.544. The normalized spacial score (nSPS) is 9.50. The zero-order chi connectivity index (χ0) is 10.7. The van der Waals surface area contributed by atoms with Gasteiger partial charge in [-0.2, -0.15) is 5.26 Å². The van der Waals surface area contributed by atoms with E-state index in [0.717, 1.165) is 0 Å². The average Bonchev–Trinajstić information content (AvgIpc) is 2.16. The van der Waals surface area contributed by atoms with Crippen molar-refractivity contribution in [3.63, 3.8) is 0 Å². The number of carboxylic acids is 1. The van der Waals surface area contributed by atoms with E-state index in [1.54, 1.807) is 0 Å². The van der Waals surface area contributed by atoms with Crippen LogP contribution in [0.1, 0.15) is 28.4 Å². The van der Waals surface area contributed by atoms with Gasteiger partial charge in [0.05, 0.1) is 22.2 Å². The number of halogens is 1. The molecule has 0 unspecified atom stereocenters. The van der Waals surface area contributed by atoms with E-state index in [1.807, 2.05) is 13.0 Å². The van der Waals surface area contributed by atoms with Gasteiger partial charge in [0.15, 0.2) is 0 Å². The molecule has 0 radical (unpaired) electrons. The molecule has 0 amide bonds. The molecule has 0 atom stereocenters. The fourth-order valence-electron chi connectivity index (χ4n) is 1.24. The van der Waals surface area contributed by atoms with Crippen molar-refractivity contribution in [2.75, 3.05) is 0 Å². The molecule has 0 aromatic heterocycles. The zero-order valence-corrected chi connectivity index (χ0v) is 8.30. The highest BCUT2D eigenvalue weighted by molar-refractivity contribution is 6.34. The highest BCUT2D eigenvalue weighted by Crippen LogP contribution is 2.24. The summed E-state index contributed by atoms with van der Waals surface area (Å²) in [5.74, 6) is -1.07. The molecule has 1 aromatic rings. The smallest absolute Gasteiger partial charge is 0.337 e. The third-order valence-electron chi connectivity index (χ3n) is 1.95. The third kappa shape index (κ3) is 1.70. The summed E-state index contributed by atoms with van der Waals surface area (Å²) in [5, 5.41) is 17.7. The maximum atomic E-state index is 10.7. The van der Waals surface area contributed by atoms with Crippen molar-refractivity contribution in [2.45, 2.75) is 13.3 Å². The molecule has 0 spiro atoms. The Balaban J connectivity index is 3.44. The van der Waals surface area contributed by atoms with Crippen LogP contribution >= 0.6 is 11.6 Å². The molecule has 1 rings (SSSR count). The summed E-state index contributed by atoms with van der Waals surface area (Å²) >= 11 is 5.86. The van der Waals surface area contributed by atoms with Crippen LogP contribution in [0.3, 0.4) is 0 Å². The minimum atomic E-state index is -1.07. The number of benzene rings is 1. The molecule has 0 fully saturated rings. The SMILES string of the molecule is CCc1c(C#N)ccc(C(=O)O)c1Cl. The lowest BCUT2D eigenvalue weighted by Gasteiger charge is -2.06. The molecule has 14 heavy (non-hydrogen) atoms. The van der Waals surface area contributed by atoms with Crippen LogP contribution in [0.15, 0.2) is 12.1 Å². The second-order valence-electron chi connectivity index (χ2n) is 2.72. The van der Waals surface area contributed by atoms with E-state index in [2.05, 4.69) is 0 Å². The van der Waals surface area contributed by atoms with Crippen LogP contribution in [-0.4, -0.2) is 11.1 Å². The monoisotopic (exact) mass is 209 g/mol. The second kappa shape index (κ2) is 4.12. The van der Waals surface area contributed by atoms with E-state index < -0.39 is 5.97 Å². The molecular formula is C10H8ClNO2. The lowest BCUT2D eigenvalue weighted by atomic mass is 10.0. The molecular weight excluding hydrogens is 202 g/mol. The van der Waals surface area contributed by atoms with Crippen molar-refractivity contribution in [2.24, 2.45) is 0 Å². The van der Waals surface area contributed by atoms with Crippen molar-refractivity contribution >= 4 is 17.6 Å². The van der Waals surface area contributed by atoms with E-state index in [1.165, 1.54) is 12.1 Å². The van der Waals surface area contributed by atoms with Crippen LogP contribution in [0.25, 0.3) is 0 Å². The van der Waals surface area contributed by atoms with Crippen LogP contribution in [0.2, 0.25) is 5.02 Å². The maximum Gasteiger partial charge on any atom is 0.337 e. The molecule has 1 aromatic carbocycles. The number of carboxylic acid groups (broad SMARTS) is 1. The van der Waals surface area contributed by atoms with E-state index in [-0.39, 0.29) is 10.6 Å². The number of nitrogens with zero attached hydrogens (tertiary/aromatic N) is 1. The minimum Gasteiger partial charge on any atom is -0.478 e. The largest absolute Gasteiger partial charge is 0.478 e. The van der Waals surface area contributed by atoms with Crippen LogP contribution in [-0.2, 0) is 6.42 Å². The van der Waals surface area contributed by atoms with Gasteiger partial charge in [0.2, 0.25) is 0 Å². The van der Waals surface area contributed by atoms with E-state index >= 15 is 0 Å². The molecule has 0 aliphatic heterocycles. The Kier molecular flexibility index (Phi) is 3.10. The van der Waals surface area contributed by atoms with E-state index in [4.69, 9.17) is 22.0 Å². The van der Waals surface area contributed by atoms with Crippen molar-refractivity contribution in [1.82, 2.24) is 0 Å². The lowest BCUT2D eigenvalue weighted by Crippen LogP contribution is -2.01. The summed E-state index contributed by atoms with van der Waals surface area (Å²) in [5.41, 5.74) is 1.07. The van der Waals surface area contributed by atoms with Gasteiger partial charge in [-0.1, -0.05) is 18.5 Å². The first-order valence-corrected chi connectivity index (χ1v) is 4.44. The van der Waals surface area contributed by atoms with Gasteiger partial charge in [-0.3, -0.25) is 0 Å². The molecule has 0 saturated heterocycles. The summed E-state index contributed by atoms with van der Waals surface area (Å²) in [4.78, 5) is 10.7. The molecule has 4 heteroatoms. The van der Waals surface area contributed by atoms with Gasteiger partial charge in [-0.15, -0.1) is 0 Å². The van der Waals surface area contributed by atoms with Gasteiger partial charge < -0.3 is 5.11 Å². The third-order valence-corrected chi connectivity index (χ3v) is 2.38. The van der Waals surface area contributed by atoms with E-state index in [0.29, 0.717) is 17.5 Å². The fourth-order valence-corrected chi connectivity index (χ4v) is 1.62. The highest BCUT2D eigenvalue weighted by atomic mass is 35.5. The predicted octanol–water partition coefficient (Wildman–Crippen LogP) is 2.47. The second-order valence-corrected chi connectivity index (χ2v) is 3.10. The standard InChI is InChI=1S/C10H8ClNO2/c1-2-7-6(5-12)3-4-8(9(7)11)10(13)14/h3-4H,2H2,1H3,(H,13,14). The van der Waals surface area contributed by atoms with Crippen LogP contribution < -0.4 is 0 Å². The zero-order valence-electron chi connectivity index (χ0n) is 7.54. The van der Waals surface area contributed by atoms with Crippen molar-refractivity contribution in [1.29, 1.82) is 5.26 Å². The summed E-state index contributed by atoms with van der Waals surface area (Å²) < 4.78 is 0. The molecule has 0 bridgehead atoms. The van der Waals surface area contributed by atoms with E-state index in [9.17, 15) is 4.79 Å². The van der Waals surface area contributed by atoms with Crippen LogP contribution in [0.4, 0.5) is 0 Å².